The minimum atomic E-state index is -0.0110. The molecule has 1 N–H and O–H groups in total. The van der Waals surface area contributed by atoms with E-state index in [4.69, 9.17) is 0 Å². The zero-order valence-electron chi connectivity index (χ0n) is 17.4. The third-order valence-corrected chi connectivity index (χ3v) is 6.95. The number of aryl methyl sites for hydroxylation is 3. The Balaban J connectivity index is 1.56. The zero-order valence-corrected chi connectivity index (χ0v) is 18.2. The van der Waals surface area contributed by atoms with Crippen LogP contribution in [-0.4, -0.2) is 40.4 Å². The zero-order chi connectivity index (χ0) is 20.4. The number of thiophene rings is 1. The molecule has 2 aromatic heterocycles. The molecular weight excluding hydrogens is 380 g/mol. The number of hydrogen-bond acceptors (Lipinski definition) is 5. The van der Waals surface area contributed by atoms with Crippen LogP contribution >= 0.6 is 11.3 Å². The van der Waals surface area contributed by atoms with Crippen LogP contribution < -0.4 is 5.32 Å². The minimum absolute atomic E-state index is 0.0110. The summed E-state index contributed by atoms with van der Waals surface area (Å²) in [7, 11) is 0. The van der Waals surface area contributed by atoms with Crippen molar-refractivity contribution in [3.63, 3.8) is 0 Å². The van der Waals surface area contributed by atoms with Crippen molar-refractivity contribution in [2.75, 3.05) is 19.6 Å². The SMILES string of the molecule is CCc1nc(C)c2c(C)c(C(=O)NCC(c3ccccc3)N3CCCC3)sc2n1. The molecule has 4 rings (SSSR count). The van der Waals surface area contributed by atoms with Crippen LogP contribution in [0.4, 0.5) is 0 Å². The van der Waals surface area contributed by atoms with Crippen LogP contribution in [0.5, 0.6) is 0 Å². The number of rotatable bonds is 6. The molecule has 6 heteroatoms. The van der Waals surface area contributed by atoms with Crippen molar-refractivity contribution in [3.05, 3.63) is 57.9 Å². The van der Waals surface area contributed by atoms with Crippen molar-refractivity contribution < 1.29 is 4.79 Å². The van der Waals surface area contributed by atoms with E-state index < -0.39 is 0 Å². The lowest BCUT2D eigenvalue weighted by molar-refractivity contribution is 0.0941. The molecule has 29 heavy (non-hydrogen) atoms. The minimum Gasteiger partial charge on any atom is -0.349 e. The molecule has 1 aromatic carbocycles. The highest BCUT2D eigenvalue weighted by molar-refractivity contribution is 7.20. The average molecular weight is 409 g/mol. The van der Waals surface area contributed by atoms with E-state index in [9.17, 15) is 4.79 Å². The van der Waals surface area contributed by atoms with E-state index in [0.29, 0.717) is 6.54 Å². The lowest BCUT2D eigenvalue weighted by Gasteiger charge is -2.28. The number of nitrogens with one attached hydrogen (secondary N) is 1. The van der Waals surface area contributed by atoms with Gasteiger partial charge in [0.25, 0.3) is 5.91 Å². The van der Waals surface area contributed by atoms with E-state index in [1.165, 1.54) is 29.7 Å². The van der Waals surface area contributed by atoms with Gasteiger partial charge in [-0.2, -0.15) is 0 Å². The van der Waals surface area contributed by atoms with Crippen LogP contribution in [0.1, 0.15) is 58.1 Å². The summed E-state index contributed by atoms with van der Waals surface area (Å²) < 4.78 is 0. The maximum Gasteiger partial charge on any atom is 0.261 e. The number of hydrogen-bond donors (Lipinski definition) is 1. The van der Waals surface area contributed by atoms with E-state index in [1.807, 2.05) is 19.9 Å². The second kappa shape index (κ2) is 8.59. The molecule has 152 valence electrons. The summed E-state index contributed by atoms with van der Waals surface area (Å²) in [6, 6.07) is 10.7. The fraction of sp³-hybridized carbons (Fsp3) is 0.435. The van der Waals surface area contributed by atoms with Gasteiger partial charge >= 0.3 is 0 Å². The van der Waals surface area contributed by atoms with Gasteiger partial charge < -0.3 is 5.32 Å². The maximum absolute atomic E-state index is 13.1. The van der Waals surface area contributed by atoms with Gasteiger partial charge in [-0.25, -0.2) is 9.97 Å². The van der Waals surface area contributed by atoms with Crippen molar-refractivity contribution in [1.29, 1.82) is 0 Å². The number of benzene rings is 1. The standard InChI is InChI=1S/C23H28N4OS/c1-4-19-25-16(3)20-15(2)21(29-23(20)26-19)22(28)24-14-18(27-12-8-9-13-27)17-10-6-5-7-11-17/h5-7,10-11,18H,4,8-9,12-14H2,1-3H3,(H,24,28). The number of likely N-dealkylation sites (tertiary alicyclic amines) is 1. The van der Waals surface area contributed by atoms with Crippen LogP contribution in [-0.2, 0) is 6.42 Å². The number of carbonyl (C=O) groups excluding carboxylic acids is 1. The van der Waals surface area contributed by atoms with Crippen molar-refractivity contribution in [2.24, 2.45) is 0 Å². The number of nitrogens with zero attached hydrogens (tertiary/aromatic N) is 3. The Morgan fingerprint density at radius 1 is 1.17 bits per heavy atom. The average Bonchev–Trinajstić information content (AvgIpc) is 3.37. The molecule has 1 amide bonds. The first-order valence-electron chi connectivity index (χ1n) is 10.4. The predicted octanol–water partition coefficient (Wildman–Crippen LogP) is 4.44. The Morgan fingerprint density at radius 2 is 1.90 bits per heavy atom. The second-order valence-corrected chi connectivity index (χ2v) is 8.69. The van der Waals surface area contributed by atoms with Crippen molar-refractivity contribution in [1.82, 2.24) is 20.2 Å². The van der Waals surface area contributed by atoms with Gasteiger partial charge in [-0.15, -0.1) is 11.3 Å². The highest BCUT2D eigenvalue weighted by Crippen LogP contribution is 2.31. The van der Waals surface area contributed by atoms with Crippen molar-refractivity contribution in [3.8, 4) is 0 Å². The third kappa shape index (κ3) is 4.05. The molecule has 0 radical (unpaired) electrons. The summed E-state index contributed by atoms with van der Waals surface area (Å²) in [6.45, 7) is 8.85. The van der Waals surface area contributed by atoms with E-state index in [0.717, 1.165) is 51.7 Å². The molecule has 1 unspecified atom stereocenters. The van der Waals surface area contributed by atoms with Gasteiger partial charge in [0.1, 0.15) is 10.7 Å². The fourth-order valence-corrected chi connectivity index (χ4v) is 5.39. The van der Waals surface area contributed by atoms with Crippen molar-refractivity contribution in [2.45, 2.75) is 46.1 Å². The first-order chi connectivity index (χ1) is 14.1. The summed E-state index contributed by atoms with van der Waals surface area (Å²) >= 11 is 1.48. The molecule has 0 aliphatic carbocycles. The lowest BCUT2D eigenvalue weighted by Crippen LogP contribution is -2.36. The lowest BCUT2D eigenvalue weighted by atomic mass is 10.1. The molecule has 1 fully saturated rings. The van der Waals surface area contributed by atoms with Crippen LogP contribution in [0.3, 0.4) is 0 Å². The van der Waals surface area contributed by atoms with Gasteiger partial charge in [-0.3, -0.25) is 9.69 Å². The molecule has 0 bridgehead atoms. The Labute approximate surface area is 176 Å². The van der Waals surface area contributed by atoms with Crippen LogP contribution in [0.25, 0.3) is 10.2 Å². The van der Waals surface area contributed by atoms with Crippen molar-refractivity contribution >= 4 is 27.5 Å². The first kappa shape index (κ1) is 20.0. The summed E-state index contributed by atoms with van der Waals surface area (Å²) in [5.74, 6) is 0.824. The Morgan fingerprint density at radius 3 is 2.59 bits per heavy atom. The number of carbonyl (C=O) groups is 1. The molecule has 1 saturated heterocycles. The van der Waals surface area contributed by atoms with Gasteiger partial charge in [-0.1, -0.05) is 37.3 Å². The van der Waals surface area contributed by atoms with Gasteiger partial charge in [0.05, 0.1) is 10.9 Å². The summed E-state index contributed by atoms with van der Waals surface area (Å²) in [4.78, 5) is 26.4. The Hall–Kier alpha value is -2.31. The predicted molar refractivity (Wildman–Crippen MR) is 119 cm³/mol. The van der Waals surface area contributed by atoms with Gasteiger partial charge in [0.15, 0.2) is 0 Å². The second-order valence-electron chi connectivity index (χ2n) is 7.69. The molecule has 1 aliphatic heterocycles. The largest absolute Gasteiger partial charge is 0.349 e. The molecule has 1 aliphatic rings. The monoisotopic (exact) mass is 408 g/mol. The highest BCUT2D eigenvalue weighted by atomic mass is 32.1. The molecular formula is C23H28N4OS. The molecule has 0 spiro atoms. The van der Waals surface area contributed by atoms with E-state index in [-0.39, 0.29) is 11.9 Å². The first-order valence-corrected chi connectivity index (χ1v) is 11.2. The Kier molecular flexibility index (Phi) is 5.92. The van der Waals surface area contributed by atoms with Crippen LogP contribution in [0, 0.1) is 13.8 Å². The number of fused-ring (bicyclic) bond motifs is 1. The van der Waals surface area contributed by atoms with Gasteiger partial charge in [0.2, 0.25) is 0 Å². The molecule has 5 nitrogen and oxygen atoms in total. The quantitative estimate of drug-likeness (QED) is 0.655. The normalized spacial score (nSPS) is 15.7. The fourth-order valence-electron chi connectivity index (χ4n) is 4.23. The summed E-state index contributed by atoms with van der Waals surface area (Å²) in [5.41, 5.74) is 3.20. The maximum atomic E-state index is 13.1. The third-order valence-electron chi connectivity index (χ3n) is 5.76. The topological polar surface area (TPSA) is 58.1 Å². The number of amides is 1. The van der Waals surface area contributed by atoms with Gasteiger partial charge in [-0.05, 0) is 50.9 Å². The van der Waals surface area contributed by atoms with Crippen LogP contribution in [0.2, 0.25) is 0 Å². The van der Waals surface area contributed by atoms with Crippen LogP contribution in [0.15, 0.2) is 30.3 Å². The highest BCUT2D eigenvalue weighted by Gasteiger charge is 2.25. The van der Waals surface area contributed by atoms with E-state index in [1.54, 1.807) is 0 Å². The Bertz CT molecular complexity index is 1010. The molecule has 3 heterocycles. The smallest absolute Gasteiger partial charge is 0.261 e. The van der Waals surface area contributed by atoms with E-state index >= 15 is 0 Å². The molecule has 0 saturated carbocycles. The van der Waals surface area contributed by atoms with Gasteiger partial charge in [0, 0.05) is 24.0 Å². The summed E-state index contributed by atoms with van der Waals surface area (Å²) in [5, 5.41) is 4.23. The summed E-state index contributed by atoms with van der Waals surface area (Å²) in [6.07, 6.45) is 3.25. The van der Waals surface area contributed by atoms with E-state index in [2.05, 4.69) is 51.4 Å². The molecule has 1 atom stereocenters. The molecule has 3 aromatic rings. The number of aromatic nitrogens is 2.